The van der Waals surface area contributed by atoms with Gasteiger partial charge in [-0.05, 0) is 36.8 Å². The van der Waals surface area contributed by atoms with Gasteiger partial charge >= 0.3 is 0 Å². The van der Waals surface area contributed by atoms with Gasteiger partial charge in [0.15, 0.2) is 0 Å². The number of anilines is 1. The molecule has 114 valence electrons. The van der Waals surface area contributed by atoms with Crippen LogP contribution in [0.2, 0.25) is 0 Å². The Bertz CT molecular complexity index is 802. The average Bonchev–Trinajstić information content (AvgIpc) is 2.59. The molecule has 0 aliphatic rings. The summed E-state index contributed by atoms with van der Waals surface area (Å²) in [5, 5.41) is 2.87. The molecule has 0 aliphatic carbocycles. The van der Waals surface area contributed by atoms with Crippen LogP contribution < -0.4 is 10.1 Å². The maximum atomic E-state index is 12.2. The molecule has 1 heterocycles. The van der Waals surface area contributed by atoms with E-state index < -0.39 is 0 Å². The molecule has 1 amide bonds. The minimum absolute atomic E-state index is 0.154. The van der Waals surface area contributed by atoms with Crippen LogP contribution in [-0.2, 0) is 0 Å². The Morgan fingerprint density at radius 2 is 1.78 bits per heavy atom. The minimum Gasteiger partial charge on any atom is -0.439 e. The second-order valence-corrected chi connectivity index (χ2v) is 5.07. The lowest BCUT2D eigenvalue weighted by Crippen LogP contribution is -2.11. The van der Waals surface area contributed by atoms with Gasteiger partial charge in [-0.25, -0.2) is 4.98 Å². The third-order valence-corrected chi connectivity index (χ3v) is 3.33. The summed E-state index contributed by atoms with van der Waals surface area (Å²) < 4.78 is 5.77. The van der Waals surface area contributed by atoms with Crippen molar-refractivity contribution in [1.29, 1.82) is 0 Å². The molecule has 0 bridgehead atoms. The fourth-order valence-corrected chi connectivity index (χ4v) is 2.10. The van der Waals surface area contributed by atoms with E-state index in [1.165, 1.54) is 0 Å². The molecule has 0 radical (unpaired) electrons. The van der Waals surface area contributed by atoms with Crippen molar-refractivity contribution in [3.8, 4) is 11.6 Å². The number of carbonyl (C=O) groups excluding carboxylic acids is 1. The molecule has 1 N–H and O–H groups in total. The highest BCUT2D eigenvalue weighted by molar-refractivity contribution is 6.04. The van der Waals surface area contributed by atoms with Crippen molar-refractivity contribution in [3.63, 3.8) is 0 Å². The zero-order valence-electron chi connectivity index (χ0n) is 12.7. The van der Waals surface area contributed by atoms with Crippen molar-refractivity contribution in [2.24, 2.45) is 0 Å². The number of pyridine rings is 1. The number of hydrogen-bond acceptors (Lipinski definition) is 3. The van der Waals surface area contributed by atoms with Gasteiger partial charge in [-0.1, -0.05) is 30.3 Å². The zero-order valence-corrected chi connectivity index (χ0v) is 12.7. The Balaban J connectivity index is 1.79. The van der Waals surface area contributed by atoms with Gasteiger partial charge in [0.05, 0.1) is 0 Å². The molecule has 1 aromatic heterocycles. The van der Waals surface area contributed by atoms with Crippen LogP contribution in [0.15, 0.2) is 72.9 Å². The molecule has 0 fully saturated rings. The largest absolute Gasteiger partial charge is 0.439 e. The van der Waals surface area contributed by atoms with E-state index in [0.29, 0.717) is 22.9 Å². The molecule has 4 nitrogen and oxygen atoms in total. The first kappa shape index (κ1) is 14.8. The van der Waals surface area contributed by atoms with Crippen molar-refractivity contribution in [2.75, 3.05) is 5.32 Å². The highest BCUT2D eigenvalue weighted by Crippen LogP contribution is 2.27. The standard InChI is InChI=1S/C19H16N2O2/c1-14-10-11-16(21-19(22)15-7-3-2-4-8-15)13-17(14)23-18-9-5-6-12-20-18/h2-13H,1H3,(H,21,22). The lowest BCUT2D eigenvalue weighted by molar-refractivity contribution is 0.102. The van der Waals surface area contributed by atoms with E-state index in [2.05, 4.69) is 10.3 Å². The Labute approximate surface area is 134 Å². The van der Waals surface area contributed by atoms with Crippen LogP contribution in [0, 0.1) is 6.92 Å². The normalized spacial score (nSPS) is 10.1. The van der Waals surface area contributed by atoms with Gasteiger partial charge in [-0.2, -0.15) is 0 Å². The van der Waals surface area contributed by atoms with Crippen molar-refractivity contribution in [2.45, 2.75) is 6.92 Å². The van der Waals surface area contributed by atoms with Gasteiger partial charge in [0.25, 0.3) is 5.91 Å². The SMILES string of the molecule is Cc1ccc(NC(=O)c2ccccc2)cc1Oc1ccccn1. The van der Waals surface area contributed by atoms with Gasteiger partial charge in [-0.15, -0.1) is 0 Å². The molecule has 0 unspecified atom stereocenters. The molecule has 0 atom stereocenters. The average molecular weight is 304 g/mol. The number of nitrogens with one attached hydrogen (secondary N) is 1. The number of carbonyl (C=O) groups is 1. The zero-order chi connectivity index (χ0) is 16.1. The summed E-state index contributed by atoms with van der Waals surface area (Å²) in [4.78, 5) is 16.3. The fourth-order valence-electron chi connectivity index (χ4n) is 2.10. The lowest BCUT2D eigenvalue weighted by atomic mass is 10.2. The summed E-state index contributed by atoms with van der Waals surface area (Å²) in [7, 11) is 0. The first-order valence-electron chi connectivity index (χ1n) is 7.28. The van der Waals surface area contributed by atoms with Crippen LogP contribution in [0.5, 0.6) is 11.6 Å². The van der Waals surface area contributed by atoms with Crippen molar-refractivity contribution in [3.05, 3.63) is 84.1 Å². The molecular formula is C19H16N2O2. The molecular weight excluding hydrogens is 288 g/mol. The molecule has 0 aliphatic heterocycles. The van der Waals surface area contributed by atoms with Gasteiger partial charge in [-0.3, -0.25) is 4.79 Å². The van der Waals surface area contributed by atoms with Crippen LogP contribution >= 0.6 is 0 Å². The summed E-state index contributed by atoms with van der Waals surface area (Å²) >= 11 is 0. The maximum absolute atomic E-state index is 12.2. The molecule has 0 saturated heterocycles. The number of aromatic nitrogens is 1. The number of benzene rings is 2. The number of nitrogens with zero attached hydrogens (tertiary/aromatic N) is 1. The molecule has 3 aromatic rings. The second-order valence-electron chi connectivity index (χ2n) is 5.07. The number of amides is 1. The molecule has 0 spiro atoms. The first-order chi connectivity index (χ1) is 11.2. The van der Waals surface area contributed by atoms with Crippen molar-refractivity contribution < 1.29 is 9.53 Å². The minimum atomic E-state index is -0.154. The van der Waals surface area contributed by atoms with E-state index >= 15 is 0 Å². The Hall–Kier alpha value is -3.14. The topological polar surface area (TPSA) is 51.2 Å². The van der Waals surface area contributed by atoms with E-state index in [1.54, 1.807) is 30.5 Å². The highest BCUT2D eigenvalue weighted by atomic mass is 16.5. The monoisotopic (exact) mass is 304 g/mol. The number of ether oxygens (including phenoxy) is 1. The molecule has 4 heteroatoms. The molecule has 2 aromatic carbocycles. The van der Waals surface area contributed by atoms with Crippen LogP contribution in [0.4, 0.5) is 5.69 Å². The molecule has 23 heavy (non-hydrogen) atoms. The second kappa shape index (κ2) is 6.75. The van der Waals surface area contributed by atoms with Crippen LogP contribution in [0.1, 0.15) is 15.9 Å². The Morgan fingerprint density at radius 3 is 2.52 bits per heavy atom. The van der Waals surface area contributed by atoms with Crippen LogP contribution in [0.25, 0.3) is 0 Å². The summed E-state index contributed by atoms with van der Waals surface area (Å²) in [6.45, 7) is 1.95. The van der Waals surface area contributed by atoms with Crippen molar-refractivity contribution >= 4 is 11.6 Å². The third-order valence-electron chi connectivity index (χ3n) is 3.33. The predicted molar refractivity (Wildman–Crippen MR) is 89.9 cm³/mol. The fraction of sp³-hybridized carbons (Fsp3) is 0.0526. The summed E-state index contributed by atoms with van der Waals surface area (Å²) in [6.07, 6.45) is 1.67. The first-order valence-corrected chi connectivity index (χ1v) is 7.28. The van der Waals surface area contributed by atoms with Gasteiger partial charge in [0.2, 0.25) is 5.88 Å². The van der Waals surface area contributed by atoms with Gasteiger partial charge < -0.3 is 10.1 Å². The summed E-state index contributed by atoms with van der Waals surface area (Å²) in [5.41, 5.74) is 2.25. The maximum Gasteiger partial charge on any atom is 0.255 e. The summed E-state index contributed by atoms with van der Waals surface area (Å²) in [5.74, 6) is 1.02. The molecule has 3 rings (SSSR count). The predicted octanol–water partition coefficient (Wildman–Crippen LogP) is 4.43. The number of rotatable bonds is 4. The Kier molecular flexibility index (Phi) is 4.34. The smallest absolute Gasteiger partial charge is 0.255 e. The quantitative estimate of drug-likeness (QED) is 0.775. The van der Waals surface area contributed by atoms with Crippen LogP contribution in [0.3, 0.4) is 0 Å². The van der Waals surface area contributed by atoms with E-state index in [0.717, 1.165) is 5.56 Å². The Morgan fingerprint density at radius 1 is 1.00 bits per heavy atom. The molecule has 0 saturated carbocycles. The number of aryl methyl sites for hydroxylation is 1. The van der Waals surface area contributed by atoms with Gasteiger partial charge in [0.1, 0.15) is 5.75 Å². The third kappa shape index (κ3) is 3.74. The van der Waals surface area contributed by atoms with Crippen molar-refractivity contribution in [1.82, 2.24) is 4.98 Å². The number of hydrogen-bond donors (Lipinski definition) is 1. The summed E-state index contributed by atoms with van der Waals surface area (Å²) in [6, 6.07) is 20.1. The van der Waals surface area contributed by atoms with E-state index in [4.69, 9.17) is 4.74 Å². The van der Waals surface area contributed by atoms with E-state index in [1.807, 2.05) is 49.4 Å². The lowest BCUT2D eigenvalue weighted by Gasteiger charge is -2.11. The van der Waals surface area contributed by atoms with Crippen LogP contribution in [-0.4, -0.2) is 10.9 Å². The highest BCUT2D eigenvalue weighted by Gasteiger charge is 2.08. The van der Waals surface area contributed by atoms with E-state index in [-0.39, 0.29) is 5.91 Å². The van der Waals surface area contributed by atoms with Gasteiger partial charge in [0, 0.05) is 29.6 Å². The van der Waals surface area contributed by atoms with E-state index in [9.17, 15) is 4.79 Å².